The van der Waals surface area contributed by atoms with Gasteiger partial charge in [0.05, 0.1) is 4.92 Å². The topological polar surface area (TPSA) is 124 Å². The van der Waals surface area contributed by atoms with E-state index in [2.05, 4.69) is 15.5 Å². The first-order valence-corrected chi connectivity index (χ1v) is 9.38. The number of ether oxygens (including phenoxy) is 1. The first-order valence-electron chi connectivity index (χ1n) is 9.38. The minimum atomic E-state index is -0.483. The lowest BCUT2D eigenvalue weighted by atomic mass is 10.1. The molecule has 1 saturated heterocycles. The molecule has 0 unspecified atom stereocenters. The van der Waals surface area contributed by atoms with Crippen LogP contribution in [0, 0.1) is 10.1 Å². The van der Waals surface area contributed by atoms with Crippen molar-refractivity contribution in [2.45, 2.75) is 6.04 Å². The molecule has 10 nitrogen and oxygen atoms in total. The van der Waals surface area contributed by atoms with Crippen molar-refractivity contribution in [2.24, 2.45) is 0 Å². The third-order valence-electron chi connectivity index (χ3n) is 4.71. The van der Waals surface area contributed by atoms with E-state index >= 15 is 0 Å². The monoisotopic (exact) mass is 409 g/mol. The summed E-state index contributed by atoms with van der Waals surface area (Å²) in [6.45, 7) is 1.45. The molecule has 154 valence electrons. The molecule has 4 rings (SSSR count). The number of hydrogen-bond acceptors (Lipinski definition) is 8. The Morgan fingerprint density at radius 1 is 1.27 bits per heavy atom. The van der Waals surface area contributed by atoms with E-state index in [9.17, 15) is 14.9 Å². The zero-order chi connectivity index (χ0) is 20.9. The summed E-state index contributed by atoms with van der Waals surface area (Å²) in [4.78, 5) is 29.3. The highest BCUT2D eigenvalue weighted by molar-refractivity contribution is 5.78. The number of rotatable bonds is 6. The molecular weight excluding hydrogens is 390 g/mol. The number of nitrogens with zero attached hydrogens (tertiary/aromatic N) is 4. The number of para-hydroxylation sites is 1. The summed E-state index contributed by atoms with van der Waals surface area (Å²) in [5.74, 6) is 0.910. The molecule has 1 amide bonds. The van der Waals surface area contributed by atoms with Crippen molar-refractivity contribution in [2.75, 3.05) is 26.2 Å². The lowest BCUT2D eigenvalue weighted by Gasteiger charge is -2.33. The number of piperazine rings is 1. The summed E-state index contributed by atoms with van der Waals surface area (Å²) in [6.07, 6.45) is 0. The predicted molar refractivity (Wildman–Crippen MR) is 106 cm³/mol. The Kier molecular flexibility index (Phi) is 5.66. The van der Waals surface area contributed by atoms with Gasteiger partial charge in [-0.25, -0.2) is 0 Å². The summed E-state index contributed by atoms with van der Waals surface area (Å²) in [6, 6.07) is 14.6. The molecule has 1 N–H and O–H groups in total. The van der Waals surface area contributed by atoms with Gasteiger partial charge in [0, 0.05) is 37.3 Å². The van der Waals surface area contributed by atoms with E-state index in [1.165, 1.54) is 12.1 Å². The Morgan fingerprint density at radius 3 is 2.90 bits per heavy atom. The van der Waals surface area contributed by atoms with E-state index in [1.807, 2.05) is 18.2 Å². The lowest BCUT2D eigenvalue weighted by Crippen LogP contribution is -2.50. The molecule has 0 radical (unpaired) electrons. The van der Waals surface area contributed by atoms with Crippen LogP contribution in [0.15, 0.2) is 59.1 Å². The third-order valence-corrected chi connectivity index (χ3v) is 4.71. The van der Waals surface area contributed by atoms with Crippen LogP contribution in [0.2, 0.25) is 0 Å². The summed E-state index contributed by atoms with van der Waals surface area (Å²) < 4.78 is 11.0. The number of aromatic nitrogens is 2. The second kappa shape index (κ2) is 8.70. The van der Waals surface area contributed by atoms with Gasteiger partial charge in [-0.2, -0.15) is 4.98 Å². The highest BCUT2D eigenvalue weighted by atomic mass is 16.6. The van der Waals surface area contributed by atoms with E-state index in [0.717, 1.165) is 0 Å². The molecular formula is C20H19N5O5. The van der Waals surface area contributed by atoms with E-state index in [1.54, 1.807) is 29.2 Å². The van der Waals surface area contributed by atoms with Gasteiger partial charge in [0.1, 0.15) is 11.8 Å². The molecule has 0 saturated carbocycles. The minimum absolute atomic E-state index is 0.0620. The Hall–Kier alpha value is -3.79. The standard InChI is InChI=1S/C20H19N5O5/c26-18(13-29-16-7-2-1-3-8-16)24-10-9-21-12-17(24)20-22-19(23-30-20)14-5-4-6-15(11-14)25(27)28/h1-8,11,17,21H,9-10,12-13H2/t17-/m1/s1. The zero-order valence-corrected chi connectivity index (χ0v) is 15.9. The summed E-state index contributed by atoms with van der Waals surface area (Å²) in [7, 11) is 0. The smallest absolute Gasteiger partial charge is 0.270 e. The number of carbonyl (C=O) groups is 1. The van der Waals surface area contributed by atoms with Crippen molar-refractivity contribution >= 4 is 11.6 Å². The Bertz CT molecular complexity index is 1040. The zero-order valence-electron chi connectivity index (χ0n) is 15.9. The van der Waals surface area contributed by atoms with E-state index in [-0.39, 0.29) is 29.9 Å². The molecule has 10 heteroatoms. The fraction of sp³-hybridized carbons (Fsp3) is 0.250. The minimum Gasteiger partial charge on any atom is -0.484 e. The SMILES string of the molecule is O=C(COc1ccccc1)N1CCNC[C@@H]1c1nc(-c2cccc([N+](=O)[O-])c2)no1. The number of hydrogen-bond donors (Lipinski definition) is 1. The molecule has 1 aliphatic rings. The van der Waals surface area contributed by atoms with E-state index < -0.39 is 11.0 Å². The number of carbonyl (C=O) groups excluding carboxylic acids is 1. The highest BCUT2D eigenvalue weighted by Crippen LogP contribution is 2.26. The van der Waals surface area contributed by atoms with Gasteiger partial charge in [-0.15, -0.1) is 0 Å². The highest BCUT2D eigenvalue weighted by Gasteiger charge is 2.32. The van der Waals surface area contributed by atoms with Gasteiger partial charge >= 0.3 is 0 Å². The molecule has 1 aliphatic heterocycles. The first kappa shape index (κ1) is 19.5. The maximum absolute atomic E-state index is 12.8. The van der Waals surface area contributed by atoms with Crippen molar-refractivity contribution in [3.63, 3.8) is 0 Å². The quantitative estimate of drug-likeness (QED) is 0.485. The molecule has 2 heterocycles. The maximum Gasteiger partial charge on any atom is 0.270 e. The van der Waals surface area contributed by atoms with Crippen molar-refractivity contribution in [1.29, 1.82) is 0 Å². The van der Waals surface area contributed by atoms with Crippen molar-refractivity contribution < 1.29 is 19.0 Å². The van der Waals surface area contributed by atoms with Crippen LogP contribution < -0.4 is 10.1 Å². The summed E-state index contributed by atoms with van der Waals surface area (Å²) in [5, 5.41) is 18.2. The first-order chi connectivity index (χ1) is 14.6. The van der Waals surface area contributed by atoms with Gasteiger partial charge in [0.2, 0.25) is 5.82 Å². The van der Waals surface area contributed by atoms with Crippen LogP contribution in [-0.4, -0.2) is 52.1 Å². The fourth-order valence-corrected chi connectivity index (χ4v) is 3.21. The molecule has 1 aromatic heterocycles. The molecule has 1 atom stereocenters. The second-order valence-electron chi connectivity index (χ2n) is 6.67. The molecule has 0 aliphatic carbocycles. The number of nitro benzene ring substituents is 1. The van der Waals surface area contributed by atoms with Gasteiger partial charge in [-0.3, -0.25) is 14.9 Å². The molecule has 0 spiro atoms. The van der Waals surface area contributed by atoms with Crippen molar-refractivity contribution in [1.82, 2.24) is 20.4 Å². The van der Waals surface area contributed by atoms with Crippen molar-refractivity contribution in [3.8, 4) is 17.1 Å². The Labute approximate surface area is 171 Å². The summed E-state index contributed by atoms with van der Waals surface area (Å²) in [5.41, 5.74) is 0.404. The van der Waals surface area contributed by atoms with Crippen LogP contribution in [0.3, 0.4) is 0 Å². The van der Waals surface area contributed by atoms with Crippen LogP contribution >= 0.6 is 0 Å². The average Bonchev–Trinajstić information content (AvgIpc) is 3.28. The Balaban J connectivity index is 1.50. The number of amides is 1. The van der Waals surface area contributed by atoms with Crippen LogP contribution in [0.5, 0.6) is 5.75 Å². The molecule has 0 bridgehead atoms. The largest absolute Gasteiger partial charge is 0.484 e. The second-order valence-corrected chi connectivity index (χ2v) is 6.67. The van der Waals surface area contributed by atoms with E-state index in [0.29, 0.717) is 30.9 Å². The van der Waals surface area contributed by atoms with Crippen LogP contribution in [0.25, 0.3) is 11.4 Å². The fourth-order valence-electron chi connectivity index (χ4n) is 3.21. The Morgan fingerprint density at radius 2 is 2.10 bits per heavy atom. The summed E-state index contributed by atoms with van der Waals surface area (Å²) >= 11 is 0. The number of nitro groups is 1. The van der Waals surface area contributed by atoms with Crippen LogP contribution in [0.1, 0.15) is 11.9 Å². The van der Waals surface area contributed by atoms with Gasteiger partial charge < -0.3 is 19.5 Å². The van der Waals surface area contributed by atoms with Gasteiger partial charge in [-0.1, -0.05) is 35.5 Å². The van der Waals surface area contributed by atoms with Gasteiger partial charge in [0.25, 0.3) is 17.5 Å². The maximum atomic E-state index is 12.8. The molecule has 2 aromatic carbocycles. The van der Waals surface area contributed by atoms with Crippen LogP contribution in [-0.2, 0) is 4.79 Å². The lowest BCUT2D eigenvalue weighted by molar-refractivity contribution is -0.384. The van der Waals surface area contributed by atoms with Crippen molar-refractivity contribution in [3.05, 3.63) is 70.6 Å². The van der Waals surface area contributed by atoms with Gasteiger partial charge in [0.15, 0.2) is 6.61 Å². The third kappa shape index (κ3) is 4.28. The number of non-ortho nitro benzene ring substituents is 1. The number of benzene rings is 2. The van der Waals surface area contributed by atoms with E-state index in [4.69, 9.17) is 9.26 Å². The molecule has 3 aromatic rings. The average molecular weight is 409 g/mol. The van der Waals surface area contributed by atoms with Gasteiger partial charge in [-0.05, 0) is 12.1 Å². The number of nitrogens with one attached hydrogen (secondary N) is 1. The van der Waals surface area contributed by atoms with Crippen LogP contribution in [0.4, 0.5) is 5.69 Å². The molecule has 1 fully saturated rings. The molecule has 30 heavy (non-hydrogen) atoms. The predicted octanol–water partition coefficient (Wildman–Crippen LogP) is 2.20. The normalized spacial score (nSPS) is 16.3.